The fourth-order valence-electron chi connectivity index (χ4n) is 0.407. The molecule has 3 nitrogen and oxygen atoms in total. The lowest BCUT2D eigenvalue weighted by molar-refractivity contribution is -0.113. The highest BCUT2D eigenvalue weighted by Gasteiger charge is 1.93. The minimum Gasteiger partial charge on any atom is -0.293 e. The molecule has 0 spiro atoms. The molecule has 0 aromatic rings. The van der Waals surface area contributed by atoms with E-state index < -0.39 is 0 Å². The molecule has 0 bridgehead atoms. The van der Waals surface area contributed by atoms with Crippen molar-refractivity contribution in [1.82, 2.24) is 0 Å². The van der Waals surface area contributed by atoms with Crippen molar-refractivity contribution in [1.29, 1.82) is 5.26 Å². The van der Waals surface area contributed by atoms with Crippen LogP contribution in [0.4, 0.5) is 0 Å². The highest BCUT2D eigenvalue weighted by atomic mass is 16.1. The summed E-state index contributed by atoms with van der Waals surface area (Å²) >= 11 is 0. The molecule has 9 heavy (non-hydrogen) atoms. The third kappa shape index (κ3) is 3.18. The Morgan fingerprint density at radius 3 is 2.56 bits per heavy atom. The highest BCUT2D eigenvalue weighted by molar-refractivity contribution is 5.98. The van der Waals surface area contributed by atoms with E-state index in [-0.39, 0.29) is 5.78 Å². The smallest absolute Gasteiger partial charge is 0.177 e. The molecular weight excluding hydrogens is 116 g/mol. The predicted octanol–water partition coefficient (Wildman–Crippen LogP) is 0.336. The summed E-state index contributed by atoms with van der Waals surface area (Å²) in [5, 5.41) is 6.50. The predicted molar refractivity (Wildman–Crippen MR) is 34.2 cm³/mol. The van der Waals surface area contributed by atoms with Crippen LogP contribution in [0.2, 0.25) is 0 Å². The first-order chi connectivity index (χ1) is 4.39. The lowest BCUT2D eigenvalue weighted by Gasteiger charge is -1.88. The molecule has 0 radical (unpaired) electrons. The van der Waals surface area contributed by atoms with Gasteiger partial charge in [-0.1, -0.05) is 0 Å². The molecule has 0 saturated heterocycles. The second-order valence-electron chi connectivity index (χ2n) is 1.32. The lowest BCUT2D eigenvalue weighted by atomic mass is 10.3. The van der Waals surface area contributed by atoms with Gasteiger partial charge in [-0.3, -0.25) is 9.79 Å². The van der Waals surface area contributed by atoms with E-state index in [1.165, 1.54) is 6.08 Å². The molecule has 3 heteroatoms. The van der Waals surface area contributed by atoms with E-state index in [2.05, 4.69) is 11.6 Å². The van der Waals surface area contributed by atoms with Gasteiger partial charge in [-0.2, -0.15) is 0 Å². The van der Waals surface area contributed by atoms with Gasteiger partial charge in [0.05, 0.1) is 0 Å². The number of rotatable bonds is 0. The Bertz CT molecular complexity index is 167. The number of hydrogen-bond acceptors (Lipinski definition) is 3. The molecule has 1 aliphatic heterocycles. The summed E-state index contributed by atoms with van der Waals surface area (Å²) in [5.74, 6) is 0.0856. The van der Waals surface area contributed by atoms with Gasteiger partial charge in [0.15, 0.2) is 5.78 Å². The molecule has 0 saturated carbocycles. The Labute approximate surface area is 53.3 Å². The van der Waals surface area contributed by atoms with Gasteiger partial charge in [0.25, 0.3) is 0 Å². The molecule has 0 amide bonds. The van der Waals surface area contributed by atoms with Gasteiger partial charge in [0.1, 0.15) is 6.54 Å². The summed E-state index contributed by atoms with van der Waals surface area (Å²) in [7, 11) is 0. The van der Waals surface area contributed by atoms with Crippen molar-refractivity contribution < 1.29 is 4.79 Å². The second-order valence-corrected chi connectivity index (χ2v) is 1.32. The first-order valence-electron chi connectivity index (χ1n) is 2.35. The molecule has 46 valence electrons. The van der Waals surface area contributed by atoms with Crippen molar-refractivity contribution in [3.05, 3.63) is 12.2 Å². The number of dihydropyridines is 1. The van der Waals surface area contributed by atoms with Crippen LogP contribution < -0.4 is 0 Å². The standard InChI is InChI=1S/C5H5NO.CHN/c7-5-2-1-3-6-4-5;1-2/h1-3H,4H2;1H. The number of allylic oxidation sites excluding steroid dienone is 1. The molecule has 0 aromatic carbocycles. The first kappa shape index (κ1) is 7.57. The molecule has 1 aliphatic rings. The normalized spacial score (nSPS) is 14.2. The average molecular weight is 122 g/mol. The summed E-state index contributed by atoms with van der Waals surface area (Å²) in [6.07, 6.45) is 4.79. The van der Waals surface area contributed by atoms with Crippen LogP contribution in [-0.4, -0.2) is 18.5 Å². The molecule has 0 aromatic heterocycles. The van der Waals surface area contributed by atoms with E-state index in [4.69, 9.17) is 5.26 Å². The van der Waals surface area contributed by atoms with Crippen LogP contribution in [0.1, 0.15) is 0 Å². The van der Waals surface area contributed by atoms with Crippen molar-refractivity contribution in [3.63, 3.8) is 0 Å². The van der Waals surface area contributed by atoms with Crippen molar-refractivity contribution >= 4 is 12.0 Å². The molecule has 1 rings (SSSR count). The maximum atomic E-state index is 10.3. The van der Waals surface area contributed by atoms with E-state index in [1.54, 1.807) is 12.3 Å². The number of hydrogen-bond donors (Lipinski definition) is 0. The Kier molecular flexibility index (Phi) is 3.97. The maximum Gasteiger partial charge on any atom is 0.177 e. The number of ketones is 1. The van der Waals surface area contributed by atoms with Crippen LogP contribution in [0.15, 0.2) is 17.1 Å². The first-order valence-corrected chi connectivity index (χ1v) is 2.35. The van der Waals surface area contributed by atoms with Gasteiger partial charge in [-0.05, 0) is 12.2 Å². The zero-order valence-electron chi connectivity index (χ0n) is 4.82. The average Bonchev–Trinajstić information content (AvgIpc) is 1.94. The monoisotopic (exact) mass is 122 g/mol. The van der Waals surface area contributed by atoms with Crippen molar-refractivity contribution in [2.45, 2.75) is 0 Å². The zero-order valence-corrected chi connectivity index (χ0v) is 4.82. The number of carbonyl (C=O) groups excluding carboxylic acids is 1. The van der Waals surface area contributed by atoms with Gasteiger partial charge >= 0.3 is 0 Å². The minimum atomic E-state index is 0.0856. The van der Waals surface area contributed by atoms with E-state index in [1.807, 2.05) is 0 Å². The summed E-state index contributed by atoms with van der Waals surface area (Å²) in [6.45, 7) is 3.83. The molecule has 0 fully saturated rings. The van der Waals surface area contributed by atoms with E-state index in [9.17, 15) is 4.79 Å². The Balaban J connectivity index is 0.000000291. The fourth-order valence-corrected chi connectivity index (χ4v) is 0.407. The van der Waals surface area contributed by atoms with Gasteiger partial charge in [-0.15, -0.1) is 0 Å². The zero-order chi connectivity index (χ0) is 7.11. The highest BCUT2D eigenvalue weighted by Crippen LogP contribution is 1.82. The van der Waals surface area contributed by atoms with E-state index >= 15 is 0 Å². The van der Waals surface area contributed by atoms with Gasteiger partial charge < -0.3 is 0 Å². The Morgan fingerprint density at radius 2 is 2.33 bits per heavy atom. The molecular formula is C6H6N2O. The second kappa shape index (κ2) is 4.72. The van der Waals surface area contributed by atoms with Crippen LogP contribution in [0.3, 0.4) is 0 Å². The Morgan fingerprint density at radius 1 is 1.67 bits per heavy atom. The van der Waals surface area contributed by atoms with E-state index in [0.717, 1.165) is 0 Å². The lowest BCUT2D eigenvalue weighted by Crippen LogP contribution is -2.00. The van der Waals surface area contributed by atoms with Crippen LogP contribution in [0.5, 0.6) is 0 Å². The summed E-state index contributed by atoms with van der Waals surface area (Å²) in [5.41, 5.74) is 0. The Hall–Kier alpha value is -1.43. The molecule has 0 atom stereocenters. The fraction of sp³-hybridized carbons (Fsp3) is 0.167. The number of aliphatic imine (C=N–C) groups is 1. The molecule has 0 N–H and O–H groups in total. The van der Waals surface area contributed by atoms with Crippen LogP contribution in [0.25, 0.3) is 0 Å². The SMILES string of the molecule is C#N.O=C1C=CC=NC1. The van der Waals surface area contributed by atoms with Crippen molar-refractivity contribution in [2.75, 3.05) is 6.54 Å². The number of carbonyl (C=O) groups is 1. The molecule has 1 heterocycles. The third-order valence-electron chi connectivity index (χ3n) is 0.721. The van der Waals surface area contributed by atoms with Gasteiger partial charge in [0.2, 0.25) is 0 Å². The van der Waals surface area contributed by atoms with Crippen LogP contribution in [0, 0.1) is 11.8 Å². The maximum absolute atomic E-state index is 10.3. The topological polar surface area (TPSA) is 53.2 Å². The van der Waals surface area contributed by atoms with Gasteiger partial charge in [-0.25, -0.2) is 5.26 Å². The quantitative estimate of drug-likeness (QED) is 0.465. The summed E-state index contributed by atoms with van der Waals surface area (Å²) in [4.78, 5) is 14.0. The van der Waals surface area contributed by atoms with Crippen LogP contribution >= 0.6 is 0 Å². The van der Waals surface area contributed by atoms with Gasteiger partial charge in [0, 0.05) is 12.8 Å². The summed E-state index contributed by atoms with van der Waals surface area (Å²) < 4.78 is 0. The molecule has 0 aliphatic carbocycles. The number of nitriles is 1. The van der Waals surface area contributed by atoms with Crippen molar-refractivity contribution in [3.8, 4) is 6.57 Å². The largest absolute Gasteiger partial charge is 0.293 e. The minimum absolute atomic E-state index is 0.0856. The van der Waals surface area contributed by atoms with Crippen molar-refractivity contribution in [2.24, 2.45) is 4.99 Å². The van der Waals surface area contributed by atoms with E-state index in [0.29, 0.717) is 6.54 Å². The third-order valence-corrected chi connectivity index (χ3v) is 0.721. The summed E-state index contributed by atoms with van der Waals surface area (Å²) in [6, 6.07) is 0. The number of nitrogens with zero attached hydrogens (tertiary/aromatic N) is 2. The molecule has 0 unspecified atom stereocenters. The van der Waals surface area contributed by atoms with Crippen LogP contribution in [-0.2, 0) is 4.79 Å².